The van der Waals surface area contributed by atoms with Gasteiger partial charge in [-0.3, -0.25) is 9.35 Å². The van der Waals surface area contributed by atoms with E-state index in [1.54, 1.807) is 0 Å². The van der Waals surface area contributed by atoms with Crippen LogP contribution in [0.25, 0.3) is 0 Å². The largest absolute Gasteiger partial charge is 0.394 e. The van der Waals surface area contributed by atoms with Crippen molar-refractivity contribution in [2.45, 2.75) is 99.6 Å². The summed E-state index contributed by atoms with van der Waals surface area (Å²) < 4.78 is 53.7. The van der Waals surface area contributed by atoms with Gasteiger partial charge in [0, 0.05) is 6.92 Å². The number of carbonyl (C=O) groups is 1. The van der Waals surface area contributed by atoms with Crippen molar-refractivity contribution in [3.63, 3.8) is 0 Å². The Labute approximate surface area is 223 Å². The Kier molecular flexibility index (Phi) is 12.4. The molecule has 0 aromatic carbocycles. The van der Waals surface area contributed by atoms with E-state index in [9.17, 15) is 63.7 Å². The summed E-state index contributed by atoms with van der Waals surface area (Å²) in [4.78, 5) is 11.5. The van der Waals surface area contributed by atoms with Crippen molar-refractivity contribution in [1.82, 2.24) is 5.32 Å². The lowest BCUT2D eigenvalue weighted by Crippen LogP contribution is -2.65. The summed E-state index contributed by atoms with van der Waals surface area (Å²) in [7, 11) is -4.89. The summed E-state index contributed by atoms with van der Waals surface area (Å²) in [6.45, 7) is 0.510. The van der Waals surface area contributed by atoms with E-state index in [0.717, 1.165) is 6.92 Å². The van der Waals surface area contributed by atoms with Gasteiger partial charge in [0.25, 0.3) is 10.1 Å². The SMILES string of the molecule is CC(=O)N[C@@H](CO)[C@@H](O)[C@H](O[C@@H]1O[C@H](CO)[C@H](O)[C@H](O)[C@H]1O[C@@H]1O[C@@H](C)[C@@H](O)[C@@H](O)[C@@H]1O)[C@H](O)CS(=O)(=O)O. The Morgan fingerprint density at radius 1 is 0.949 bits per heavy atom. The van der Waals surface area contributed by atoms with Crippen LogP contribution in [0.2, 0.25) is 0 Å². The first-order valence-corrected chi connectivity index (χ1v) is 13.5. The number of hydrogen-bond donors (Lipinski definition) is 11. The smallest absolute Gasteiger partial charge is 0.267 e. The first-order chi connectivity index (χ1) is 18.0. The minimum Gasteiger partial charge on any atom is -0.394 e. The van der Waals surface area contributed by atoms with Crippen LogP contribution >= 0.6 is 0 Å². The average molecular weight is 596 g/mol. The minimum atomic E-state index is -4.89. The van der Waals surface area contributed by atoms with E-state index >= 15 is 0 Å². The third-order valence-corrected chi connectivity index (χ3v) is 7.07. The zero-order valence-electron chi connectivity index (χ0n) is 20.9. The number of hydrogen-bond acceptors (Lipinski definition) is 16. The topological polar surface area (TPSA) is 302 Å². The highest BCUT2D eigenvalue weighted by atomic mass is 32.2. The quantitative estimate of drug-likeness (QED) is 0.0934. The van der Waals surface area contributed by atoms with Crippen LogP contribution in [0.4, 0.5) is 0 Å². The zero-order valence-corrected chi connectivity index (χ0v) is 21.8. The summed E-state index contributed by atoms with van der Waals surface area (Å²) >= 11 is 0. The molecule has 0 saturated carbocycles. The highest BCUT2D eigenvalue weighted by molar-refractivity contribution is 7.85. The molecule has 2 heterocycles. The molecule has 39 heavy (non-hydrogen) atoms. The summed E-state index contributed by atoms with van der Waals surface area (Å²) in [6, 6.07) is -1.56. The fourth-order valence-electron chi connectivity index (χ4n) is 4.18. The van der Waals surface area contributed by atoms with Gasteiger partial charge < -0.3 is 70.2 Å². The maximum Gasteiger partial charge on any atom is 0.267 e. The van der Waals surface area contributed by atoms with Crippen LogP contribution in [-0.4, -0.2) is 170 Å². The van der Waals surface area contributed by atoms with Crippen LogP contribution in [-0.2, 0) is 33.9 Å². The molecule has 2 aliphatic rings. The summed E-state index contributed by atoms with van der Waals surface area (Å²) in [5.41, 5.74) is 0. The molecule has 19 heteroatoms. The van der Waals surface area contributed by atoms with Gasteiger partial charge in [0.2, 0.25) is 5.91 Å². The Bertz CT molecular complexity index is 893. The molecule has 18 nitrogen and oxygen atoms in total. The van der Waals surface area contributed by atoms with Gasteiger partial charge >= 0.3 is 0 Å². The van der Waals surface area contributed by atoms with Crippen molar-refractivity contribution < 1.29 is 82.7 Å². The number of aliphatic hydroxyl groups excluding tert-OH is 9. The number of ether oxygens (including phenoxy) is 4. The number of carbonyl (C=O) groups excluding carboxylic acids is 1. The molecule has 2 aliphatic heterocycles. The predicted octanol–water partition coefficient (Wildman–Crippen LogP) is -6.87. The van der Waals surface area contributed by atoms with Crippen LogP contribution in [0.1, 0.15) is 13.8 Å². The molecule has 0 radical (unpaired) electrons. The van der Waals surface area contributed by atoms with Crippen LogP contribution in [0, 0.1) is 0 Å². The molecule has 2 rings (SSSR count). The van der Waals surface area contributed by atoms with Gasteiger partial charge in [-0.15, -0.1) is 0 Å². The predicted molar refractivity (Wildman–Crippen MR) is 123 cm³/mol. The second kappa shape index (κ2) is 14.2. The third kappa shape index (κ3) is 8.67. The average Bonchev–Trinajstić information content (AvgIpc) is 2.84. The summed E-state index contributed by atoms with van der Waals surface area (Å²) in [5.74, 6) is -2.16. The molecule has 230 valence electrons. The molecule has 0 aliphatic carbocycles. The number of aliphatic hydroxyl groups is 9. The molecule has 1 amide bonds. The van der Waals surface area contributed by atoms with Crippen molar-refractivity contribution in [3.8, 4) is 0 Å². The highest BCUT2D eigenvalue weighted by Crippen LogP contribution is 2.31. The zero-order chi connectivity index (χ0) is 29.8. The number of amides is 1. The van der Waals surface area contributed by atoms with Crippen molar-refractivity contribution in [3.05, 3.63) is 0 Å². The molecule has 14 atom stereocenters. The van der Waals surface area contributed by atoms with Gasteiger partial charge in [-0.2, -0.15) is 8.42 Å². The Morgan fingerprint density at radius 3 is 2.08 bits per heavy atom. The van der Waals surface area contributed by atoms with Crippen LogP contribution in [0.5, 0.6) is 0 Å². The first-order valence-electron chi connectivity index (χ1n) is 11.8. The van der Waals surface area contributed by atoms with E-state index in [1.165, 1.54) is 6.92 Å². The van der Waals surface area contributed by atoms with E-state index in [2.05, 4.69) is 5.32 Å². The second-order valence-electron chi connectivity index (χ2n) is 9.39. The molecule has 2 fully saturated rings. The standard InChI is InChI=1S/C20H37NO17S/c1-6-11(26)14(29)16(31)19(35-6)38-18-15(30)13(28)10(4-23)36-20(18)37-17(9(25)5-39(32,33)34)12(27)8(3-22)21-7(2)24/h6,8-20,22-23,25-31H,3-5H2,1-2H3,(H,21,24)(H,32,33,34)/t6-,8-,9+,10+,11+,12+,13-,14+,15-,16-,17+,18+,19-,20-/m0/s1. The molecule has 0 unspecified atom stereocenters. The fraction of sp³-hybridized carbons (Fsp3) is 0.950. The van der Waals surface area contributed by atoms with E-state index in [-0.39, 0.29) is 0 Å². The van der Waals surface area contributed by atoms with Crippen molar-refractivity contribution in [2.24, 2.45) is 0 Å². The lowest BCUT2D eigenvalue weighted by molar-refractivity contribution is -0.374. The van der Waals surface area contributed by atoms with E-state index in [1.807, 2.05) is 0 Å². The van der Waals surface area contributed by atoms with Crippen molar-refractivity contribution >= 4 is 16.0 Å². The number of nitrogens with one attached hydrogen (secondary N) is 1. The Morgan fingerprint density at radius 2 is 1.56 bits per heavy atom. The first kappa shape index (κ1) is 34.1. The van der Waals surface area contributed by atoms with Gasteiger partial charge in [-0.1, -0.05) is 0 Å². The molecule has 0 bridgehead atoms. The summed E-state index contributed by atoms with van der Waals surface area (Å²) in [5, 5.41) is 93.9. The monoisotopic (exact) mass is 595 g/mol. The normalized spacial score (nSPS) is 39.0. The van der Waals surface area contributed by atoms with Gasteiger partial charge in [-0.05, 0) is 6.92 Å². The second-order valence-corrected chi connectivity index (χ2v) is 10.9. The summed E-state index contributed by atoms with van der Waals surface area (Å²) in [6.07, 6.45) is -23.8. The lowest BCUT2D eigenvalue weighted by Gasteiger charge is -2.47. The maximum absolute atomic E-state index is 11.5. The van der Waals surface area contributed by atoms with Crippen molar-refractivity contribution in [1.29, 1.82) is 0 Å². The molecule has 11 N–H and O–H groups in total. The minimum absolute atomic E-state index is 0.747. The van der Waals surface area contributed by atoms with E-state index < -0.39 is 121 Å². The molecule has 0 aromatic heterocycles. The van der Waals surface area contributed by atoms with Gasteiger partial charge in [0.05, 0.1) is 31.5 Å². The van der Waals surface area contributed by atoms with E-state index in [4.69, 9.17) is 18.9 Å². The Hall–Kier alpha value is -1.14. The van der Waals surface area contributed by atoms with Gasteiger partial charge in [-0.25, -0.2) is 0 Å². The third-order valence-electron chi connectivity index (χ3n) is 6.31. The van der Waals surface area contributed by atoms with Crippen LogP contribution in [0.3, 0.4) is 0 Å². The molecular formula is C20H37NO17S. The number of rotatable bonds is 12. The van der Waals surface area contributed by atoms with Crippen LogP contribution < -0.4 is 5.32 Å². The molecular weight excluding hydrogens is 558 g/mol. The van der Waals surface area contributed by atoms with Crippen molar-refractivity contribution in [2.75, 3.05) is 19.0 Å². The van der Waals surface area contributed by atoms with Gasteiger partial charge in [0.15, 0.2) is 12.6 Å². The van der Waals surface area contributed by atoms with Crippen LogP contribution in [0.15, 0.2) is 0 Å². The molecule has 0 spiro atoms. The molecule has 0 aromatic rings. The maximum atomic E-state index is 11.5. The lowest BCUT2D eigenvalue weighted by atomic mass is 9.97. The highest BCUT2D eigenvalue weighted by Gasteiger charge is 2.52. The fourth-order valence-corrected chi connectivity index (χ4v) is 4.81. The van der Waals surface area contributed by atoms with Gasteiger partial charge in [0.1, 0.15) is 60.7 Å². The molecule has 2 saturated heterocycles. The van der Waals surface area contributed by atoms with E-state index in [0.29, 0.717) is 0 Å². The Balaban J connectivity index is 2.43.